The molecule has 3 amide bonds. The van der Waals surface area contributed by atoms with Crippen molar-refractivity contribution in [2.24, 2.45) is 0 Å². The molecule has 4 rings (SSSR count). The van der Waals surface area contributed by atoms with E-state index in [1.165, 1.54) is 12.0 Å². The molecule has 0 unspecified atom stereocenters. The molecule has 0 saturated carbocycles. The third-order valence-corrected chi connectivity index (χ3v) is 5.15. The number of rotatable bonds is 6. The van der Waals surface area contributed by atoms with Gasteiger partial charge in [-0.05, 0) is 24.3 Å². The molecule has 2 heterocycles. The van der Waals surface area contributed by atoms with Gasteiger partial charge in [-0.15, -0.1) is 0 Å². The minimum absolute atomic E-state index is 0.0167. The highest BCUT2D eigenvalue weighted by atomic mass is 16.7. The van der Waals surface area contributed by atoms with E-state index in [2.05, 4.69) is 10.6 Å². The van der Waals surface area contributed by atoms with E-state index in [4.69, 9.17) is 18.9 Å². The van der Waals surface area contributed by atoms with E-state index in [1.54, 1.807) is 30.3 Å². The van der Waals surface area contributed by atoms with Gasteiger partial charge in [-0.2, -0.15) is 0 Å². The summed E-state index contributed by atoms with van der Waals surface area (Å²) in [4.78, 5) is 38.8. The molecule has 1 saturated heterocycles. The fourth-order valence-electron chi connectivity index (χ4n) is 3.48. The lowest BCUT2D eigenvalue weighted by molar-refractivity contribution is -0.139. The SMILES string of the molecule is COc1ccccc1CNC(=O)C(=O)NC[C@H]1OCCN1C(=O)c1ccc2c(c1)OCO2. The monoisotopic (exact) mass is 441 g/mol. The number of carbonyl (C=O) groups excluding carboxylic acids is 3. The molecule has 2 aromatic rings. The van der Waals surface area contributed by atoms with Gasteiger partial charge in [0, 0.05) is 24.2 Å². The number of para-hydroxylation sites is 1. The van der Waals surface area contributed by atoms with Crippen LogP contribution in [0.25, 0.3) is 0 Å². The van der Waals surface area contributed by atoms with Crippen LogP contribution in [0, 0.1) is 0 Å². The number of carbonyl (C=O) groups is 3. The molecule has 0 aromatic heterocycles. The summed E-state index contributed by atoms with van der Waals surface area (Å²) < 4.78 is 21.4. The Hall–Kier alpha value is -3.79. The number of nitrogens with one attached hydrogen (secondary N) is 2. The number of hydrogen-bond acceptors (Lipinski definition) is 7. The number of amides is 3. The zero-order valence-corrected chi connectivity index (χ0v) is 17.5. The standard InChI is InChI=1S/C22H23N3O7/c1-29-16-5-3-2-4-15(16)11-23-20(26)21(27)24-12-19-25(8-9-30-19)22(28)14-6-7-17-18(10-14)32-13-31-17/h2-7,10,19H,8-9,11-13H2,1H3,(H,23,26)(H,24,27)/t19-/m1/s1. The minimum atomic E-state index is -0.814. The van der Waals surface area contributed by atoms with Crippen LogP contribution in [0.15, 0.2) is 42.5 Å². The summed E-state index contributed by atoms with van der Waals surface area (Å²) in [7, 11) is 1.53. The molecule has 0 spiro atoms. The van der Waals surface area contributed by atoms with Gasteiger partial charge in [0.15, 0.2) is 11.5 Å². The van der Waals surface area contributed by atoms with Crippen molar-refractivity contribution in [3.05, 3.63) is 53.6 Å². The molecule has 2 aliphatic rings. The van der Waals surface area contributed by atoms with Crippen LogP contribution in [-0.4, -0.2) is 62.4 Å². The van der Waals surface area contributed by atoms with E-state index in [-0.39, 0.29) is 25.8 Å². The van der Waals surface area contributed by atoms with E-state index in [0.717, 1.165) is 5.56 Å². The van der Waals surface area contributed by atoms with Crippen molar-refractivity contribution in [1.29, 1.82) is 0 Å². The zero-order chi connectivity index (χ0) is 22.5. The van der Waals surface area contributed by atoms with Crippen LogP contribution in [0.1, 0.15) is 15.9 Å². The van der Waals surface area contributed by atoms with Gasteiger partial charge in [0.25, 0.3) is 5.91 Å². The maximum atomic E-state index is 12.9. The van der Waals surface area contributed by atoms with E-state index >= 15 is 0 Å². The average Bonchev–Trinajstić information content (AvgIpc) is 3.49. The third kappa shape index (κ3) is 4.59. The van der Waals surface area contributed by atoms with Gasteiger partial charge in [-0.25, -0.2) is 0 Å². The number of fused-ring (bicyclic) bond motifs is 1. The Morgan fingerprint density at radius 1 is 1.06 bits per heavy atom. The summed E-state index contributed by atoms with van der Waals surface area (Å²) in [5.74, 6) is -0.158. The number of nitrogens with zero attached hydrogens (tertiary/aromatic N) is 1. The summed E-state index contributed by atoms with van der Waals surface area (Å²) in [5.41, 5.74) is 1.17. The molecule has 2 N–H and O–H groups in total. The fourth-order valence-corrected chi connectivity index (χ4v) is 3.48. The topological polar surface area (TPSA) is 115 Å². The van der Waals surface area contributed by atoms with Crippen LogP contribution in [0.3, 0.4) is 0 Å². The van der Waals surface area contributed by atoms with Crippen LogP contribution < -0.4 is 24.8 Å². The van der Waals surface area contributed by atoms with Gasteiger partial charge < -0.3 is 34.5 Å². The van der Waals surface area contributed by atoms with Crippen LogP contribution in [0.4, 0.5) is 0 Å². The lowest BCUT2D eigenvalue weighted by Crippen LogP contribution is -2.47. The van der Waals surface area contributed by atoms with Crippen molar-refractivity contribution < 1.29 is 33.3 Å². The average molecular weight is 441 g/mol. The normalized spacial score (nSPS) is 16.5. The quantitative estimate of drug-likeness (QED) is 0.633. The Kier molecular flexibility index (Phi) is 6.41. The Morgan fingerprint density at radius 3 is 2.69 bits per heavy atom. The summed E-state index contributed by atoms with van der Waals surface area (Å²) in [6.07, 6.45) is -0.682. The molecule has 2 aliphatic heterocycles. The molecule has 1 atom stereocenters. The fraction of sp³-hybridized carbons (Fsp3) is 0.318. The smallest absolute Gasteiger partial charge is 0.309 e. The van der Waals surface area contributed by atoms with Crippen molar-refractivity contribution in [2.75, 3.05) is 33.6 Å². The molecular formula is C22H23N3O7. The summed E-state index contributed by atoms with van der Waals surface area (Å²) >= 11 is 0. The summed E-state index contributed by atoms with van der Waals surface area (Å²) in [5, 5.41) is 5.08. The Balaban J connectivity index is 1.30. The van der Waals surface area contributed by atoms with Gasteiger partial charge in [-0.1, -0.05) is 18.2 Å². The molecule has 0 aliphatic carbocycles. The maximum absolute atomic E-state index is 12.9. The highest BCUT2D eigenvalue weighted by molar-refractivity contribution is 6.35. The van der Waals surface area contributed by atoms with E-state index in [1.807, 2.05) is 12.1 Å². The number of hydrogen-bond donors (Lipinski definition) is 2. The molecular weight excluding hydrogens is 418 g/mol. The molecule has 0 bridgehead atoms. The molecule has 10 nitrogen and oxygen atoms in total. The second-order valence-corrected chi connectivity index (χ2v) is 7.10. The third-order valence-electron chi connectivity index (χ3n) is 5.15. The van der Waals surface area contributed by atoms with Crippen molar-refractivity contribution in [2.45, 2.75) is 12.8 Å². The van der Waals surface area contributed by atoms with Crippen LogP contribution in [0.5, 0.6) is 17.2 Å². The second-order valence-electron chi connectivity index (χ2n) is 7.10. The summed E-state index contributed by atoms with van der Waals surface area (Å²) in [6.45, 7) is 0.945. The molecule has 2 aromatic carbocycles. The zero-order valence-electron chi connectivity index (χ0n) is 17.5. The number of ether oxygens (including phenoxy) is 4. The second kappa shape index (κ2) is 9.56. The predicted octanol–water partition coefficient (Wildman–Crippen LogP) is 0.655. The first-order valence-electron chi connectivity index (χ1n) is 10.1. The Bertz CT molecular complexity index is 1030. The molecule has 168 valence electrons. The lowest BCUT2D eigenvalue weighted by Gasteiger charge is -2.23. The minimum Gasteiger partial charge on any atom is -0.496 e. The van der Waals surface area contributed by atoms with Crippen LogP contribution in [0.2, 0.25) is 0 Å². The van der Waals surface area contributed by atoms with Gasteiger partial charge in [-0.3, -0.25) is 14.4 Å². The molecule has 32 heavy (non-hydrogen) atoms. The highest BCUT2D eigenvalue weighted by Gasteiger charge is 2.32. The first kappa shape index (κ1) is 21.4. The van der Waals surface area contributed by atoms with E-state index in [0.29, 0.717) is 36.0 Å². The van der Waals surface area contributed by atoms with Gasteiger partial charge in [0.1, 0.15) is 12.0 Å². The van der Waals surface area contributed by atoms with Crippen LogP contribution >= 0.6 is 0 Å². The van der Waals surface area contributed by atoms with E-state index in [9.17, 15) is 14.4 Å². The predicted molar refractivity (Wildman–Crippen MR) is 111 cm³/mol. The van der Waals surface area contributed by atoms with Gasteiger partial charge in [0.2, 0.25) is 6.79 Å². The molecule has 1 fully saturated rings. The highest BCUT2D eigenvalue weighted by Crippen LogP contribution is 2.33. The first-order valence-corrected chi connectivity index (χ1v) is 10.1. The Labute approximate surface area is 184 Å². The van der Waals surface area contributed by atoms with Crippen molar-refractivity contribution in [3.63, 3.8) is 0 Å². The number of benzene rings is 2. The van der Waals surface area contributed by atoms with E-state index < -0.39 is 18.0 Å². The number of methoxy groups -OCH3 is 1. The van der Waals surface area contributed by atoms with Crippen molar-refractivity contribution in [1.82, 2.24) is 15.5 Å². The first-order chi connectivity index (χ1) is 15.6. The van der Waals surface area contributed by atoms with Gasteiger partial charge >= 0.3 is 11.8 Å². The van der Waals surface area contributed by atoms with Gasteiger partial charge in [0.05, 0.1) is 20.3 Å². The van der Waals surface area contributed by atoms with Crippen LogP contribution in [-0.2, 0) is 20.9 Å². The molecule has 10 heteroatoms. The summed E-state index contributed by atoms with van der Waals surface area (Å²) in [6, 6.07) is 12.1. The molecule has 0 radical (unpaired) electrons. The maximum Gasteiger partial charge on any atom is 0.309 e. The largest absolute Gasteiger partial charge is 0.496 e. The van der Waals surface area contributed by atoms with Crippen molar-refractivity contribution in [3.8, 4) is 17.2 Å². The van der Waals surface area contributed by atoms with Crippen molar-refractivity contribution >= 4 is 17.7 Å². The lowest BCUT2D eigenvalue weighted by atomic mass is 10.1. The Morgan fingerprint density at radius 2 is 1.84 bits per heavy atom.